The number of halogens is 2. The SMILES string of the molecule is Nc1c2c(-c3ccccc3F)nc(N3CCN(C(=O)[C@@H]4CCCO4)CC3)nc2nn1-c1cccc(F)c1. The van der Waals surface area contributed by atoms with Crippen molar-refractivity contribution in [3.05, 3.63) is 60.2 Å². The molecular formula is C26H25F2N7O2. The number of carbonyl (C=O) groups excluding carboxylic acids is 1. The average Bonchev–Trinajstić information content (AvgIpc) is 3.57. The smallest absolute Gasteiger partial charge is 0.251 e. The number of carbonyl (C=O) groups is 1. The van der Waals surface area contributed by atoms with E-state index < -0.39 is 11.6 Å². The molecule has 1 amide bonds. The normalized spacial score (nSPS) is 18.1. The molecule has 2 aliphatic heterocycles. The lowest BCUT2D eigenvalue weighted by Gasteiger charge is -2.35. The van der Waals surface area contributed by atoms with E-state index in [1.807, 2.05) is 4.90 Å². The summed E-state index contributed by atoms with van der Waals surface area (Å²) in [5.74, 6) is -0.343. The molecule has 9 nitrogen and oxygen atoms in total. The van der Waals surface area contributed by atoms with Crippen molar-refractivity contribution >= 4 is 28.7 Å². The number of aromatic nitrogens is 4. The summed E-state index contributed by atoms with van der Waals surface area (Å²) in [4.78, 5) is 25.9. The van der Waals surface area contributed by atoms with Crippen LogP contribution < -0.4 is 10.6 Å². The molecule has 1 atom stereocenters. The van der Waals surface area contributed by atoms with Crippen LogP contribution in [0.25, 0.3) is 28.0 Å². The van der Waals surface area contributed by atoms with Gasteiger partial charge in [0.15, 0.2) is 5.65 Å². The molecule has 0 aliphatic carbocycles. The maximum atomic E-state index is 14.9. The van der Waals surface area contributed by atoms with Crippen molar-refractivity contribution in [2.24, 2.45) is 0 Å². The lowest BCUT2D eigenvalue weighted by molar-refractivity contribution is -0.141. The van der Waals surface area contributed by atoms with Crippen molar-refractivity contribution in [3.63, 3.8) is 0 Å². The van der Waals surface area contributed by atoms with Gasteiger partial charge in [-0.2, -0.15) is 4.98 Å². The molecular weight excluding hydrogens is 480 g/mol. The Balaban J connectivity index is 1.39. The zero-order chi connectivity index (χ0) is 25.5. The Morgan fingerprint density at radius 3 is 2.57 bits per heavy atom. The molecule has 11 heteroatoms. The largest absolute Gasteiger partial charge is 0.383 e. The van der Waals surface area contributed by atoms with E-state index in [0.717, 1.165) is 12.8 Å². The molecule has 2 aromatic carbocycles. The molecule has 0 bridgehead atoms. The summed E-state index contributed by atoms with van der Waals surface area (Å²) in [7, 11) is 0. The number of amides is 1. The molecule has 0 unspecified atom stereocenters. The highest BCUT2D eigenvalue weighted by molar-refractivity contribution is 5.99. The second kappa shape index (κ2) is 9.40. The minimum atomic E-state index is -0.460. The van der Waals surface area contributed by atoms with Crippen molar-refractivity contribution in [2.45, 2.75) is 18.9 Å². The van der Waals surface area contributed by atoms with Crippen molar-refractivity contribution in [2.75, 3.05) is 43.4 Å². The van der Waals surface area contributed by atoms with Crippen molar-refractivity contribution in [3.8, 4) is 16.9 Å². The summed E-state index contributed by atoms with van der Waals surface area (Å²) >= 11 is 0. The van der Waals surface area contributed by atoms with Crippen LogP contribution in [0.4, 0.5) is 20.5 Å². The van der Waals surface area contributed by atoms with Gasteiger partial charge < -0.3 is 20.3 Å². The number of nitrogens with two attached hydrogens (primary N) is 1. The topological polar surface area (TPSA) is 102 Å². The number of nitrogens with zero attached hydrogens (tertiary/aromatic N) is 6. The second-order valence-electron chi connectivity index (χ2n) is 9.14. The van der Waals surface area contributed by atoms with Crippen LogP contribution in [0.2, 0.25) is 0 Å². The Morgan fingerprint density at radius 2 is 1.84 bits per heavy atom. The van der Waals surface area contributed by atoms with Crippen molar-refractivity contribution in [1.29, 1.82) is 0 Å². The number of hydrogen-bond donors (Lipinski definition) is 1. The van der Waals surface area contributed by atoms with Crippen molar-refractivity contribution < 1.29 is 18.3 Å². The van der Waals surface area contributed by atoms with E-state index in [1.165, 1.54) is 22.9 Å². The Morgan fingerprint density at radius 1 is 1.03 bits per heavy atom. The van der Waals surface area contributed by atoms with Gasteiger partial charge in [0.25, 0.3) is 5.91 Å². The van der Waals surface area contributed by atoms with E-state index in [2.05, 4.69) is 10.1 Å². The summed E-state index contributed by atoms with van der Waals surface area (Å²) in [6.07, 6.45) is 1.29. The van der Waals surface area contributed by atoms with Gasteiger partial charge in [-0.3, -0.25) is 4.79 Å². The fourth-order valence-electron chi connectivity index (χ4n) is 4.90. The molecule has 2 N–H and O–H groups in total. The second-order valence-corrected chi connectivity index (χ2v) is 9.14. The number of anilines is 2. The Kier molecular flexibility index (Phi) is 5.91. The summed E-state index contributed by atoms with van der Waals surface area (Å²) in [6, 6.07) is 12.2. The van der Waals surface area contributed by atoms with Crippen LogP contribution in [0, 0.1) is 11.6 Å². The van der Waals surface area contributed by atoms with Crippen LogP contribution >= 0.6 is 0 Å². The predicted octanol–water partition coefficient (Wildman–Crippen LogP) is 3.17. The fraction of sp³-hybridized carbons (Fsp3) is 0.308. The molecule has 0 saturated carbocycles. The molecule has 4 heterocycles. The Hall–Kier alpha value is -4.12. The van der Waals surface area contributed by atoms with Gasteiger partial charge in [-0.05, 0) is 43.2 Å². The summed E-state index contributed by atoms with van der Waals surface area (Å²) < 4.78 is 35.8. The van der Waals surface area contributed by atoms with E-state index >= 15 is 0 Å². The lowest BCUT2D eigenvalue weighted by Crippen LogP contribution is -2.51. The number of benzene rings is 2. The highest BCUT2D eigenvalue weighted by Gasteiger charge is 2.31. The number of rotatable bonds is 4. The highest BCUT2D eigenvalue weighted by atomic mass is 19.1. The molecule has 2 aromatic heterocycles. The first-order valence-corrected chi connectivity index (χ1v) is 12.2. The molecule has 0 radical (unpaired) electrons. The van der Waals surface area contributed by atoms with Gasteiger partial charge in [0.2, 0.25) is 5.95 Å². The van der Waals surface area contributed by atoms with Gasteiger partial charge in [-0.1, -0.05) is 18.2 Å². The van der Waals surface area contributed by atoms with Gasteiger partial charge in [-0.25, -0.2) is 18.4 Å². The molecule has 4 aromatic rings. The third-order valence-electron chi connectivity index (χ3n) is 6.82. The summed E-state index contributed by atoms with van der Waals surface area (Å²) in [6.45, 7) is 2.61. The number of nitrogen functional groups attached to an aromatic ring is 1. The minimum Gasteiger partial charge on any atom is -0.383 e. The van der Waals surface area contributed by atoms with Gasteiger partial charge in [0.05, 0.1) is 16.8 Å². The van der Waals surface area contributed by atoms with Crippen molar-refractivity contribution in [1.82, 2.24) is 24.6 Å². The first-order valence-electron chi connectivity index (χ1n) is 12.2. The van der Waals surface area contributed by atoms with Crippen LogP contribution in [0.1, 0.15) is 12.8 Å². The van der Waals surface area contributed by atoms with Crippen LogP contribution in [-0.4, -0.2) is 69.4 Å². The maximum absolute atomic E-state index is 14.9. The standard InChI is InChI=1S/C26H25F2N7O2/c27-16-5-3-6-17(15-16)35-23(29)21-22(18-7-1-2-8-19(18)28)30-26(31-24(21)32-35)34-12-10-33(11-13-34)25(36)20-9-4-14-37-20/h1-3,5-8,15,20H,4,9-14,29H2/t20-/m0/s1. The first-order chi connectivity index (χ1) is 18.0. The van der Waals surface area contributed by atoms with Crippen LogP contribution in [-0.2, 0) is 9.53 Å². The van der Waals surface area contributed by atoms with Crippen LogP contribution in [0.5, 0.6) is 0 Å². The van der Waals surface area contributed by atoms with Gasteiger partial charge in [0, 0.05) is 38.3 Å². The highest BCUT2D eigenvalue weighted by Crippen LogP contribution is 2.35. The molecule has 2 fully saturated rings. The Labute approximate surface area is 211 Å². The lowest BCUT2D eigenvalue weighted by atomic mass is 10.1. The molecule has 2 aliphatic rings. The number of hydrogen-bond acceptors (Lipinski definition) is 7. The van der Waals surface area contributed by atoms with Crippen LogP contribution in [0.3, 0.4) is 0 Å². The zero-order valence-electron chi connectivity index (χ0n) is 20.0. The quantitative estimate of drug-likeness (QED) is 0.455. The monoisotopic (exact) mass is 505 g/mol. The third kappa shape index (κ3) is 4.25. The fourth-order valence-corrected chi connectivity index (χ4v) is 4.90. The van der Waals surface area contributed by atoms with E-state index in [1.54, 1.807) is 35.2 Å². The summed E-state index contributed by atoms with van der Waals surface area (Å²) in [5.41, 5.74) is 7.70. The number of ether oxygens (including phenoxy) is 1. The molecule has 0 spiro atoms. The zero-order valence-corrected chi connectivity index (χ0v) is 20.0. The van der Waals surface area contributed by atoms with Gasteiger partial charge in [-0.15, -0.1) is 5.10 Å². The number of piperazine rings is 1. The third-order valence-corrected chi connectivity index (χ3v) is 6.82. The van der Waals surface area contributed by atoms with E-state index in [4.69, 9.17) is 15.5 Å². The summed E-state index contributed by atoms with van der Waals surface area (Å²) in [5, 5.41) is 4.91. The van der Waals surface area contributed by atoms with E-state index in [-0.39, 0.29) is 29.0 Å². The predicted molar refractivity (Wildman–Crippen MR) is 134 cm³/mol. The first kappa shape index (κ1) is 23.3. The van der Waals surface area contributed by atoms with E-state index in [0.29, 0.717) is 55.5 Å². The van der Waals surface area contributed by atoms with Gasteiger partial charge in [0.1, 0.15) is 23.6 Å². The number of fused-ring (bicyclic) bond motifs is 1. The molecule has 6 rings (SSSR count). The van der Waals surface area contributed by atoms with Crippen LogP contribution in [0.15, 0.2) is 48.5 Å². The maximum Gasteiger partial charge on any atom is 0.251 e. The molecule has 37 heavy (non-hydrogen) atoms. The molecule has 2 saturated heterocycles. The van der Waals surface area contributed by atoms with E-state index in [9.17, 15) is 13.6 Å². The average molecular weight is 506 g/mol. The molecule has 190 valence electrons. The van der Waals surface area contributed by atoms with Gasteiger partial charge >= 0.3 is 0 Å². The minimum absolute atomic E-state index is 0.0159. The Bertz CT molecular complexity index is 1480.